The number of ether oxygens (including phenoxy) is 1. The SMILES string of the molecule is COc1ccc(C(=O)Nc2ccc3[nH]c(=O)[nH]c3c2)c2ccccc12. The third-order valence-electron chi connectivity index (χ3n) is 4.12. The van der Waals surface area contributed by atoms with Crippen LogP contribution >= 0.6 is 0 Å². The lowest BCUT2D eigenvalue weighted by Gasteiger charge is -2.11. The average Bonchev–Trinajstić information content (AvgIpc) is 3.00. The third kappa shape index (κ3) is 2.63. The molecule has 0 saturated heterocycles. The smallest absolute Gasteiger partial charge is 0.323 e. The summed E-state index contributed by atoms with van der Waals surface area (Å²) in [7, 11) is 1.61. The van der Waals surface area contributed by atoms with Crippen molar-refractivity contribution in [3.05, 3.63) is 70.6 Å². The topological polar surface area (TPSA) is 87.0 Å². The van der Waals surface area contributed by atoms with Crippen molar-refractivity contribution in [3.8, 4) is 5.75 Å². The van der Waals surface area contributed by atoms with Crippen molar-refractivity contribution in [2.24, 2.45) is 0 Å². The number of carbonyl (C=O) groups excluding carboxylic acids is 1. The number of fused-ring (bicyclic) bond motifs is 2. The number of aromatic amines is 2. The quantitative estimate of drug-likeness (QED) is 0.538. The van der Waals surface area contributed by atoms with Crippen LogP contribution in [0.4, 0.5) is 5.69 Å². The molecule has 6 nitrogen and oxygen atoms in total. The van der Waals surface area contributed by atoms with Crippen molar-refractivity contribution >= 4 is 33.4 Å². The molecule has 124 valence electrons. The van der Waals surface area contributed by atoms with E-state index in [2.05, 4.69) is 15.3 Å². The van der Waals surface area contributed by atoms with E-state index in [1.54, 1.807) is 37.4 Å². The van der Waals surface area contributed by atoms with Crippen LogP contribution in [0.1, 0.15) is 10.4 Å². The van der Waals surface area contributed by atoms with Crippen LogP contribution in [-0.2, 0) is 0 Å². The van der Waals surface area contributed by atoms with Crippen molar-refractivity contribution < 1.29 is 9.53 Å². The van der Waals surface area contributed by atoms with E-state index in [-0.39, 0.29) is 11.6 Å². The minimum atomic E-state index is -0.278. The Morgan fingerprint density at radius 3 is 2.52 bits per heavy atom. The lowest BCUT2D eigenvalue weighted by atomic mass is 10.0. The van der Waals surface area contributed by atoms with Gasteiger partial charge in [-0.05, 0) is 35.7 Å². The summed E-state index contributed by atoms with van der Waals surface area (Å²) in [6.45, 7) is 0. The molecule has 0 saturated carbocycles. The van der Waals surface area contributed by atoms with Gasteiger partial charge in [0.2, 0.25) is 0 Å². The Labute approximate surface area is 142 Å². The zero-order valence-electron chi connectivity index (χ0n) is 13.4. The molecule has 0 aliphatic carbocycles. The van der Waals surface area contributed by atoms with Crippen LogP contribution in [0.25, 0.3) is 21.8 Å². The molecule has 1 amide bonds. The average molecular weight is 333 g/mol. The van der Waals surface area contributed by atoms with Crippen molar-refractivity contribution in [1.29, 1.82) is 0 Å². The van der Waals surface area contributed by atoms with Crippen LogP contribution in [0.5, 0.6) is 5.75 Å². The lowest BCUT2D eigenvalue weighted by molar-refractivity contribution is 0.102. The minimum Gasteiger partial charge on any atom is -0.496 e. The van der Waals surface area contributed by atoms with E-state index in [9.17, 15) is 9.59 Å². The highest BCUT2D eigenvalue weighted by atomic mass is 16.5. The molecular formula is C19H15N3O3. The minimum absolute atomic E-state index is 0.226. The number of methoxy groups -OCH3 is 1. The Balaban J connectivity index is 1.73. The first-order valence-electron chi connectivity index (χ1n) is 7.75. The van der Waals surface area contributed by atoms with Crippen LogP contribution < -0.4 is 15.7 Å². The Bertz CT molecular complexity index is 1160. The fourth-order valence-electron chi connectivity index (χ4n) is 2.96. The first-order chi connectivity index (χ1) is 12.2. The first-order valence-corrected chi connectivity index (χ1v) is 7.75. The zero-order valence-corrected chi connectivity index (χ0v) is 13.4. The molecule has 0 fully saturated rings. The molecule has 0 spiro atoms. The molecule has 1 aromatic heterocycles. The maximum atomic E-state index is 12.7. The molecule has 0 unspecified atom stereocenters. The molecule has 25 heavy (non-hydrogen) atoms. The van der Waals surface area contributed by atoms with Gasteiger partial charge in [-0.25, -0.2) is 4.79 Å². The van der Waals surface area contributed by atoms with Gasteiger partial charge in [0, 0.05) is 16.6 Å². The van der Waals surface area contributed by atoms with Crippen molar-refractivity contribution in [2.45, 2.75) is 0 Å². The van der Waals surface area contributed by atoms with Crippen LogP contribution in [0.15, 0.2) is 59.4 Å². The van der Waals surface area contributed by atoms with Crippen molar-refractivity contribution in [1.82, 2.24) is 9.97 Å². The summed E-state index contributed by atoms with van der Waals surface area (Å²) in [6, 6.07) is 16.3. The molecule has 6 heteroatoms. The second-order valence-electron chi connectivity index (χ2n) is 5.65. The number of aromatic nitrogens is 2. The Kier molecular flexibility index (Phi) is 3.50. The molecule has 0 bridgehead atoms. The summed E-state index contributed by atoms with van der Waals surface area (Å²) >= 11 is 0. The fourth-order valence-corrected chi connectivity index (χ4v) is 2.96. The highest BCUT2D eigenvalue weighted by Crippen LogP contribution is 2.29. The van der Waals surface area contributed by atoms with Gasteiger partial charge >= 0.3 is 5.69 Å². The van der Waals surface area contributed by atoms with E-state index in [0.29, 0.717) is 22.3 Å². The monoisotopic (exact) mass is 333 g/mol. The van der Waals surface area contributed by atoms with E-state index in [4.69, 9.17) is 4.74 Å². The second-order valence-corrected chi connectivity index (χ2v) is 5.65. The van der Waals surface area contributed by atoms with Crippen LogP contribution in [0.3, 0.4) is 0 Å². The molecular weight excluding hydrogens is 318 g/mol. The van der Waals surface area contributed by atoms with Gasteiger partial charge in [0.25, 0.3) is 5.91 Å². The summed E-state index contributed by atoms with van der Waals surface area (Å²) < 4.78 is 5.36. The number of H-pyrrole nitrogens is 2. The van der Waals surface area contributed by atoms with Gasteiger partial charge in [0.1, 0.15) is 5.75 Å². The number of imidazole rings is 1. The number of hydrogen-bond acceptors (Lipinski definition) is 3. The third-order valence-corrected chi connectivity index (χ3v) is 4.12. The number of anilines is 1. The molecule has 3 N–H and O–H groups in total. The number of benzene rings is 3. The summed E-state index contributed by atoms with van der Waals surface area (Å²) in [4.78, 5) is 29.4. The van der Waals surface area contributed by atoms with Gasteiger partial charge in [0.05, 0.1) is 18.1 Å². The number of hydrogen-bond donors (Lipinski definition) is 3. The van der Waals surface area contributed by atoms with E-state index < -0.39 is 0 Å². The van der Waals surface area contributed by atoms with E-state index >= 15 is 0 Å². The normalized spacial score (nSPS) is 10.9. The van der Waals surface area contributed by atoms with Gasteiger partial charge in [-0.2, -0.15) is 0 Å². The Morgan fingerprint density at radius 2 is 1.72 bits per heavy atom. The van der Waals surface area contributed by atoms with Crippen LogP contribution in [0.2, 0.25) is 0 Å². The first kappa shape index (κ1) is 15.0. The maximum absolute atomic E-state index is 12.7. The molecule has 1 heterocycles. The molecule has 0 atom stereocenters. The maximum Gasteiger partial charge on any atom is 0.323 e. The predicted octanol–water partition coefficient (Wildman–Crippen LogP) is 3.27. The number of carbonyl (C=O) groups is 1. The molecule has 0 radical (unpaired) electrons. The van der Waals surface area contributed by atoms with Crippen molar-refractivity contribution in [3.63, 3.8) is 0 Å². The Morgan fingerprint density at radius 1 is 0.960 bits per heavy atom. The van der Waals surface area contributed by atoms with Crippen LogP contribution in [0, 0.1) is 0 Å². The molecule has 3 aromatic carbocycles. The second kappa shape index (κ2) is 5.83. The largest absolute Gasteiger partial charge is 0.496 e. The summed E-state index contributed by atoms with van der Waals surface area (Å²) in [5, 5.41) is 4.57. The summed E-state index contributed by atoms with van der Waals surface area (Å²) in [6.07, 6.45) is 0. The highest BCUT2D eigenvalue weighted by molar-refractivity contribution is 6.14. The predicted molar refractivity (Wildman–Crippen MR) is 97.4 cm³/mol. The Hall–Kier alpha value is -3.54. The zero-order chi connectivity index (χ0) is 17.4. The van der Waals surface area contributed by atoms with E-state index in [0.717, 1.165) is 16.5 Å². The number of nitrogens with one attached hydrogen (secondary N) is 3. The molecule has 0 aliphatic heterocycles. The highest BCUT2D eigenvalue weighted by Gasteiger charge is 2.13. The fraction of sp³-hybridized carbons (Fsp3) is 0.0526. The number of amides is 1. The number of rotatable bonds is 3. The summed E-state index contributed by atoms with van der Waals surface area (Å²) in [5.41, 5.74) is 2.21. The van der Waals surface area contributed by atoms with Gasteiger partial charge in [0.15, 0.2) is 0 Å². The van der Waals surface area contributed by atoms with Gasteiger partial charge in [-0.1, -0.05) is 24.3 Å². The molecule has 4 rings (SSSR count). The van der Waals surface area contributed by atoms with Gasteiger partial charge in [-0.3, -0.25) is 4.79 Å². The standard InChI is InChI=1S/C19H15N3O3/c1-25-17-9-7-14(12-4-2-3-5-13(12)17)18(23)20-11-6-8-15-16(10-11)22-19(24)21-15/h2-10H,1H3,(H,20,23)(H2,21,22,24). The van der Waals surface area contributed by atoms with E-state index in [1.165, 1.54) is 0 Å². The molecule has 4 aromatic rings. The van der Waals surface area contributed by atoms with E-state index in [1.807, 2.05) is 24.3 Å². The molecule has 0 aliphatic rings. The lowest BCUT2D eigenvalue weighted by Crippen LogP contribution is -2.12. The van der Waals surface area contributed by atoms with Gasteiger partial charge < -0.3 is 20.0 Å². The summed E-state index contributed by atoms with van der Waals surface area (Å²) in [5.74, 6) is 0.495. The van der Waals surface area contributed by atoms with Crippen molar-refractivity contribution in [2.75, 3.05) is 12.4 Å². The van der Waals surface area contributed by atoms with Gasteiger partial charge in [-0.15, -0.1) is 0 Å². The van der Waals surface area contributed by atoms with Crippen LogP contribution in [-0.4, -0.2) is 23.0 Å².